The third-order valence-electron chi connectivity index (χ3n) is 3.96. The number of halogens is 1. The van der Waals surface area contributed by atoms with Crippen molar-refractivity contribution in [3.05, 3.63) is 23.8 Å². The van der Waals surface area contributed by atoms with E-state index in [1.807, 2.05) is 12.1 Å². The van der Waals surface area contributed by atoms with Crippen LogP contribution in [0.4, 0.5) is 11.4 Å². The number of hydrogen-bond donors (Lipinski definition) is 2. The van der Waals surface area contributed by atoms with Gasteiger partial charge in [-0.25, -0.2) is 0 Å². The summed E-state index contributed by atoms with van der Waals surface area (Å²) in [5.41, 5.74) is 2.06. The van der Waals surface area contributed by atoms with Crippen LogP contribution in [0.1, 0.15) is 30.7 Å². The molecular weight excluding hydrogens is 292 g/mol. The number of carbonyl (C=O) groups excluding carboxylic acids is 2. The fourth-order valence-corrected chi connectivity index (χ4v) is 3.22. The lowest BCUT2D eigenvalue weighted by Gasteiger charge is -2.22. The molecule has 21 heavy (non-hydrogen) atoms. The van der Waals surface area contributed by atoms with Crippen molar-refractivity contribution < 1.29 is 14.3 Å². The molecule has 1 saturated heterocycles. The molecule has 6 heteroatoms. The van der Waals surface area contributed by atoms with Gasteiger partial charge in [-0.1, -0.05) is 13.0 Å². The van der Waals surface area contributed by atoms with Gasteiger partial charge in [0.15, 0.2) is 0 Å². The van der Waals surface area contributed by atoms with Crippen molar-refractivity contribution in [1.29, 1.82) is 0 Å². The second kappa shape index (κ2) is 5.66. The Balaban J connectivity index is 1.88. The molecule has 5 nitrogen and oxygen atoms in total. The zero-order valence-electron chi connectivity index (χ0n) is 11.7. The lowest BCUT2D eigenvalue weighted by molar-refractivity contribution is -0.123. The average Bonchev–Trinajstić information content (AvgIpc) is 2.79. The molecule has 1 aromatic rings. The smallest absolute Gasteiger partial charge is 0.233 e. The molecule has 112 valence electrons. The maximum absolute atomic E-state index is 11.6. The number of alkyl halides is 1. The lowest BCUT2D eigenvalue weighted by atomic mass is 9.96. The molecule has 0 aromatic heterocycles. The molecule has 2 N–H and O–H groups in total. The average molecular weight is 309 g/mol. The number of rotatable bonds is 2. The number of nitrogens with one attached hydrogen (secondary N) is 2. The molecule has 3 unspecified atom stereocenters. The largest absolute Gasteiger partial charge is 0.376 e. The number of benzene rings is 1. The number of hydrogen-bond acceptors (Lipinski definition) is 3. The molecule has 2 heterocycles. The van der Waals surface area contributed by atoms with E-state index in [0.717, 1.165) is 18.6 Å². The van der Waals surface area contributed by atoms with Crippen LogP contribution < -0.4 is 10.6 Å². The maximum atomic E-state index is 11.6. The zero-order valence-corrected chi connectivity index (χ0v) is 12.4. The second-order valence-electron chi connectivity index (χ2n) is 5.58. The van der Waals surface area contributed by atoms with Gasteiger partial charge in [-0.05, 0) is 30.0 Å². The first-order chi connectivity index (χ1) is 10.0. The molecule has 1 fully saturated rings. The van der Waals surface area contributed by atoms with E-state index in [0.29, 0.717) is 17.3 Å². The minimum absolute atomic E-state index is 0.0270. The third kappa shape index (κ3) is 2.89. The summed E-state index contributed by atoms with van der Waals surface area (Å²) in [6.45, 7) is 2.85. The van der Waals surface area contributed by atoms with Crippen molar-refractivity contribution in [3.63, 3.8) is 0 Å². The highest BCUT2D eigenvalue weighted by molar-refractivity contribution is 6.21. The summed E-state index contributed by atoms with van der Waals surface area (Å²) in [6.07, 6.45) is 0.809. The van der Waals surface area contributed by atoms with E-state index in [9.17, 15) is 9.59 Å². The fourth-order valence-electron chi connectivity index (χ4n) is 2.76. The van der Waals surface area contributed by atoms with Crippen LogP contribution in [0.5, 0.6) is 0 Å². The molecule has 2 aliphatic rings. The molecular formula is C15H17ClN2O3. The molecule has 0 spiro atoms. The summed E-state index contributed by atoms with van der Waals surface area (Å²) in [5.74, 6) is -0.227. The number of fused-ring (bicyclic) bond motifs is 1. The van der Waals surface area contributed by atoms with Gasteiger partial charge in [0.05, 0.1) is 22.9 Å². The topological polar surface area (TPSA) is 67.4 Å². The Morgan fingerprint density at radius 1 is 1.24 bits per heavy atom. The molecule has 3 atom stereocenters. The maximum Gasteiger partial charge on any atom is 0.233 e. The lowest BCUT2D eigenvalue weighted by Crippen LogP contribution is -2.19. The normalized spacial score (nSPS) is 26.6. The highest BCUT2D eigenvalue weighted by Gasteiger charge is 2.32. The van der Waals surface area contributed by atoms with E-state index < -0.39 is 0 Å². The van der Waals surface area contributed by atoms with Crippen LogP contribution in [0.15, 0.2) is 18.2 Å². The molecule has 0 radical (unpaired) electrons. The van der Waals surface area contributed by atoms with Crippen LogP contribution >= 0.6 is 11.6 Å². The van der Waals surface area contributed by atoms with E-state index >= 15 is 0 Å². The van der Waals surface area contributed by atoms with Crippen LogP contribution in [-0.2, 0) is 14.3 Å². The van der Waals surface area contributed by atoms with Crippen molar-refractivity contribution in [3.8, 4) is 0 Å². The van der Waals surface area contributed by atoms with E-state index in [1.54, 1.807) is 6.07 Å². The second-order valence-corrected chi connectivity index (χ2v) is 6.05. The Morgan fingerprint density at radius 2 is 1.95 bits per heavy atom. The van der Waals surface area contributed by atoms with E-state index in [4.69, 9.17) is 16.3 Å². The zero-order chi connectivity index (χ0) is 15.0. The third-order valence-corrected chi connectivity index (χ3v) is 4.46. The molecule has 2 amide bonds. The van der Waals surface area contributed by atoms with E-state index in [-0.39, 0.29) is 29.7 Å². The van der Waals surface area contributed by atoms with Gasteiger partial charge in [-0.2, -0.15) is 0 Å². The molecule has 1 aromatic carbocycles. The Morgan fingerprint density at radius 3 is 2.62 bits per heavy atom. The van der Waals surface area contributed by atoms with Gasteiger partial charge in [0.1, 0.15) is 6.42 Å². The molecule has 2 aliphatic heterocycles. The molecule has 0 bridgehead atoms. The van der Waals surface area contributed by atoms with Gasteiger partial charge in [0.25, 0.3) is 0 Å². The minimum atomic E-state index is -0.319. The molecule has 0 saturated carbocycles. The summed E-state index contributed by atoms with van der Waals surface area (Å²) < 4.78 is 5.70. The van der Waals surface area contributed by atoms with Crippen LogP contribution in [-0.4, -0.2) is 24.5 Å². The summed E-state index contributed by atoms with van der Waals surface area (Å²) in [7, 11) is 0. The van der Waals surface area contributed by atoms with Gasteiger partial charge in [-0.15, -0.1) is 11.6 Å². The highest BCUT2D eigenvalue weighted by atomic mass is 35.5. The van der Waals surface area contributed by atoms with Crippen LogP contribution in [0.25, 0.3) is 0 Å². The summed E-state index contributed by atoms with van der Waals surface area (Å²) in [5, 5.41) is 5.15. The first kappa shape index (κ1) is 14.4. The minimum Gasteiger partial charge on any atom is -0.376 e. The van der Waals surface area contributed by atoms with E-state index in [1.165, 1.54) is 0 Å². The number of carbonyl (C=O) groups is 2. The highest BCUT2D eigenvalue weighted by Crippen LogP contribution is 2.38. The summed E-state index contributed by atoms with van der Waals surface area (Å²) >= 11 is 6.53. The first-order valence-electron chi connectivity index (χ1n) is 7.04. The van der Waals surface area contributed by atoms with Gasteiger partial charge < -0.3 is 15.4 Å². The molecule has 0 aliphatic carbocycles. The quantitative estimate of drug-likeness (QED) is 0.652. The first-order valence-corrected chi connectivity index (χ1v) is 7.47. The fraction of sp³-hybridized carbons (Fsp3) is 0.467. The van der Waals surface area contributed by atoms with Crippen molar-refractivity contribution >= 4 is 34.8 Å². The van der Waals surface area contributed by atoms with Crippen LogP contribution in [0.3, 0.4) is 0 Å². The SMILES string of the molecule is CC1CCOC1C(Cl)c1ccc2c(c1)NC(=O)CC(=O)N2. The van der Waals surface area contributed by atoms with Crippen LogP contribution in [0, 0.1) is 5.92 Å². The van der Waals surface area contributed by atoms with Crippen molar-refractivity contribution in [1.82, 2.24) is 0 Å². The van der Waals surface area contributed by atoms with E-state index in [2.05, 4.69) is 17.6 Å². The summed E-state index contributed by atoms with van der Waals surface area (Å²) in [4.78, 5) is 23.1. The van der Waals surface area contributed by atoms with Gasteiger partial charge in [-0.3, -0.25) is 9.59 Å². The van der Waals surface area contributed by atoms with Crippen molar-refractivity contribution in [2.24, 2.45) is 5.92 Å². The molecule has 3 rings (SSSR count). The van der Waals surface area contributed by atoms with Crippen LogP contribution in [0.2, 0.25) is 0 Å². The van der Waals surface area contributed by atoms with Gasteiger partial charge in [0, 0.05) is 6.61 Å². The van der Waals surface area contributed by atoms with Gasteiger partial charge >= 0.3 is 0 Å². The van der Waals surface area contributed by atoms with Crippen molar-refractivity contribution in [2.45, 2.75) is 31.2 Å². The number of anilines is 2. The van der Waals surface area contributed by atoms with Crippen molar-refractivity contribution in [2.75, 3.05) is 17.2 Å². The Hall–Kier alpha value is -1.59. The number of amides is 2. The number of ether oxygens (including phenoxy) is 1. The predicted molar refractivity (Wildman–Crippen MR) is 80.4 cm³/mol. The Labute approximate surface area is 128 Å². The Bertz CT molecular complexity index is 590. The predicted octanol–water partition coefficient (Wildman–Crippen LogP) is 2.67. The van der Waals surface area contributed by atoms with Gasteiger partial charge in [0.2, 0.25) is 11.8 Å². The standard InChI is InChI=1S/C15H17ClN2O3/c1-8-4-5-21-15(8)14(16)9-2-3-10-11(6-9)18-13(20)7-12(19)17-10/h2-3,6,8,14-15H,4-5,7H2,1H3,(H,17,19)(H,18,20). The summed E-state index contributed by atoms with van der Waals surface area (Å²) in [6, 6.07) is 5.44. The Kier molecular flexibility index (Phi) is 3.87. The monoisotopic (exact) mass is 308 g/mol.